The number of rotatable bonds is 1. The van der Waals surface area contributed by atoms with E-state index in [1.54, 1.807) is 12.3 Å². The van der Waals surface area contributed by atoms with Crippen LogP contribution in [0, 0.1) is 11.3 Å². The summed E-state index contributed by atoms with van der Waals surface area (Å²) < 4.78 is 6.28. The fourth-order valence-electron chi connectivity index (χ4n) is 3.78. The van der Waals surface area contributed by atoms with Gasteiger partial charge in [-0.2, -0.15) is 5.26 Å². The van der Waals surface area contributed by atoms with Gasteiger partial charge in [-0.1, -0.05) is 0 Å². The Kier molecular flexibility index (Phi) is 2.81. The van der Waals surface area contributed by atoms with Gasteiger partial charge < -0.3 is 14.5 Å². The van der Waals surface area contributed by atoms with Gasteiger partial charge in [0.25, 0.3) is 0 Å². The maximum absolute atomic E-state index is 12.3. The highest BCUT2D eigenvalue weighted by molar-refractivity contribution is 9.10. The summed E-state index contributed by atoms with van der Waals surface area (Å²) >= 11 is 3.35. The first kappa shape index (κ1) is 14.8. The molecule has 4 rings (SSSR count). The lowest BCUT2D eigenvalue weighted by Crippen LogP contribution is -2.40. The molecule has 1 spiro atoms. The Morgan fingerprint density at radius 1 is 1.52 bits per heavy atom. The summed E-state index contributed by atoms with van der Waals surface area (Å²) in [6.45, 7) is 6.27. The van der Waals surface area contributed by atoms with E-state index in [4.69, 9.17) is 4.74 Å². The van der Waals surface area contributed by atoms with Crippen molar-refractivity contribution < 1.29 is 9.53 Å². The molecular formula is C16H17BrN4O2. The van der Waals surface area contributed by atoms with Crippen LogP contribution < -0.4 is 4.90 Å². The van der Waals surface area contributed by atoms with Crippen molar-refractivity contribution in [2.75, 3.05) is 11.4 Å². The highest BCUT2D eigenvalue weighted by atomic mass is 79.9. The molecule has 1 saturated carbocycles. The third-order valence-corrected chi connectivity index (χ3v) is 5.20. The number of piperazine rings is 1. The minimum atomic E-state index is -0.479. The third kappa shape index (κ3) is 2.04. The van der Waals surface area contributed by atoms with Crippen molar-refractivity contribution in [2.45, 2.75) is 50.4 Å². The average Bonchev–Trinajstić information content (AvgIpc) is 3.31. The summed E-state index contributed by atoms with van der Waals surface area (Å²) in [7, 11) is 0. The second-order valence-corrected chi connectivity index (χ2v) is 8.28. The Labute approximate surface area is 143 Å². The second-order valence-electron chi connectivity index (χ2n) is 7.37. The molecule has 0 aromatic carbocycles. The van der Waals surface area contributed by atoms with E-state index < -0.39 is 5.60 Å². The monoisotopic (exact) mass is 376 g/mol. The van der Waals surface area contributed by atoms with E-state index in [1.165, 1.54) is 0 Å². The number of piperidine rings is 1. The maximum atomic E-state index is 12.3. The zero-order chi connectivity index (χ0) is 16.6. The smallest absolute Gasteiger partial charge is 0.410 e. The van der Waals surface area contributed by atoms with E-state index in [1.807, 2.05) is 25.7 Å². The molecule has 6 nitrogen and oxygen atoms in total. The van der Waals surface area contributed by atoms with Crippen molar-refractivity contribution in [3.63, 3.8) is 0 Å². The van der Waals surface area contributed by atoms with Crippen LogP contribution in [0.25, 0.3) is 0 Å². The normalized spacial score (nSPS) is 30.4. The molecule has 0 N–H and O–H groups in total. The molecular weight excluding hydrogens is 360 g/mol. The molecule has 7 heteroatoms. The molecule has 3 atom stereocenters. The van der Waals surface area contributed by atoms with Crippen molar-refractivity contribution in [3.05, 3.63) is 22.3 Å². The first-order valence-electron chi connectivity index (χ1n) is 7.62. The summed E-state index contributed by atoms with van der Waals surface area (Å²) in [5.41, 5.74) is 0.0773. The fourth-order valence-corrected chi connectivity index (χ4v) is 4.12. The van der Waals surface area contributed by atoms with Crippen LogP contribution in [0.15, 0.2) is 16.7 Å². The molecule has 3 aliphatic rings. The number of hydrogen-bond acceptors (Lipinski definition) is 5. The summed E-state index contributed by atoms with van der Waals surface area (Å²) in [6.07, 6.45) is 2.40. The van der Waals surface area contributed by atoms with Crippen LogP contribution in [-0.4, -0.2) is 45.7 Å². The third-order valence-electron chi connectivity index (χ3n) is 4.76. The van der Waals surface area contributed by atoms with Crippen LogP contribution in [-0.2, 0) is 4.74 Å². The molecule has 120 valence electrons. The van der Waals surface area contributed by atoms with E-state index in [0.717, 1.165) is 16.7 Å². The van der Waals surface area contributed by atoms with Crippen LogP contribution in [0.3, 0.4) is 0 Å². The Bertz CT molecular complexity index is 753. The largest absolute Gasteiger partial charge is 0.444 e. The van der Waals surface area contributed by atoms with Gasteiger partial charge in [-0.15, -0.1) is 0 Å². The van der Waals surface area contributed by atoms with Gasteiger partial charge in [0.15, 0.2) is 0 Å². The molecule has 1 aliphatic carbocycles. The minimum absolute atomic E-state index is 0.0106. The second kappa shape index (κ2) is 4.38. The van der Waals surface area contributed by atoms with E-state index in [-0.39, 0.29) is 23.7 Å². The summed E-state index contributed by atoms with van der Waals surface area (Å²) in [5, 5.41) is 9.33. The molecule has 1 aromatic rings. The molecule has 0 bridgehead atoms. The van der Waals surface area contributed by atoms with Gasteiger partial charge in [-0.3, -0.25) is 0 Å². The number of aromatic nitrogens is 1. The Balaban J connectivity index is 1.52. The zero-order valence-corrected chi connectivity index (χ0v) is 14.8. The Morgan fingerprint density at radius 3 is 2.83 bits per heavy atom. The van der Waals surface area contributed by atoms with Gasteiger partial charge >= 0.3 is 6.09 Å². The Hall–Kier alpha value is -1.81. The molecule has 23 heavy (non-hydrogen) atoms. The highest BCUT2D eigenvalue weighted by Gasteiger charge is 2.85. The number of hydrogen-bond donors (Lipinski definition) is 0. The molecule has 1 amide bonds. The van der Waals surface area contributed by atoms with Gasteiger partial charge in [-0.05, 0) is 49.2 Å². The number of halogens is 1. The number of pyridine rings is 1. The summed E-state index contributed by atoms with van der Waals surface area (Å²) in [4.78, 5) is 20.7. The van der Waals surface area contributed by atoms with E-state index in [2.05, 4.69) is 31.9 Å². The molecule has 3 fully saturated rings. The van der Waals surface area contributed by atoms with Crippen LogP contribution in [0.1, 0.15) is 32.8 Å². The number of nitriles is 1. The van der Waals surface area contributed by atoms with Gasteiger partial charge in [0.05, 0.1) is 23.2 Å². The van der Waals surface area contributed by atoms with Crippen molar-refractivity contribution in [2.24, 2.45) is 0 Å². The highest BCUT2D eigenvalue weighted by Crippen LogP contribution is 2.68. The van der Waals surface area contributed by atoms with Crippen LogP contribution in [0.5, 0.6) is 0 Å². The van der Waals surface area contributed by atoms with Gasteiger partial charge in [0.2, 0.25) is 0 Å². The first-order valence-corrected chi connectivity index (χ1v) is 8.42. The Morgan fingerprint density at radius 2 is 2.26 bits per heavy atom. The lowest BCUT2D eigenvalue weighted by Gasteiger charge is -2.27. The number of likely N-dealkylation sites (tertiary alicyclic amines) is 1. The number of nitrogens with zero attached hydrogens (tertiary/aromatic N) is 4. The van der Waals surface area contributed by atoms with Gasteiger partial charge in [0.1, 0.15) is 17.5 Å². The number of carbonyl (C=O) groups is 1. The molecule has 3 unspecified atom stereocenters. The predicted molar refractivity (Wildman–Crippen MR) is 87.0 cm³/mol. The first-order chi connectivity index (χ1) is 10.8. The zero-order valence-electron chi connectivity index (χ0n) is 13.2. The molecule has 0 radical (unpaired) electrons. The van der Waals surface area contributed by atoms with Crippen LogP contribution >= 0.6 is 15.9 Å². The number of anilines is 1. The van der Waals surface area contributed by atoms with E-state index in [0.29, 0.717) is 12.1 Å². The van der Waals surface area contributed by atoms with Gasteiger partial charge in [-0.25, -0.2) is 9.78 Å². The standard InChI is InChI=1S/C16H17BrN4O2/c1-15(2,3)23-14(22)20-8-12-16(5-11(16)20)21(12)13-9(6-18)4-10(17)7-19-13/h4,7,11-12H,5,8H2,1-3H3. The maximum Gasteiger partial charge on any atom is 0.410 e. The number of carbonyl (C=O) groups excluding carboxylic acids is 1. The van der Waals surface area contributed by atoms with Crippen molar-refractivity contribution in [3.8, 4) is 6.07 Å². The average molecular weight is 377 g/mol. The molecule has 2 saturated heterocycles. The predicted octanol–water partition coefficient (Wildman–Crippen LogP) is 2.67. The number of ether oxygens (including phenoxy) is 1. The van der Waals surface area contributed by atoms with E-state index >= 15 is 0 Å². The van der Waals surface area contributed by atoms with Crippen LogP contribution in [0.2, 0.25) is 0 Å². The lowest BCUT2D eigenvalue weighted by molar-refractivity contribution is 0.0255. The van der Waals surface area contributed by atoms with Crippen molar-refractivity contribution in [1.82, 2.24) is 9.88 Å². The molecule has 3 heterocycles. The number of amides is 1. The molecule has 1 aromatic heterocycles. The topological polar surface area (TPSA) is 69.2 Å². The fraction of sp³-hybridized carbons (Fsp3) is 0.562. The summed E-state index contributed by atoms with van der Waals surface area (Å²) in [6, 6.07) is 4.43. The SMILES string of the molecule is CC(C)(C)OC(=O)N1CC2N(c3ncc(Br)cc3C#N)C23CC13. The van der Waals surface area contributed by atoms with Crippen molar-refractivity contribution >= 4 is 27.8 Å². The summed E-state index contributed by atoms with van der Waals surface area (Å²) in [5.74, 6) is 0.729. The van der Waals surface area contributed by atoms with Crippen molar-refractivity contribution in [1.29, 1.82) is 5.26 Å². The molecule has 2 aliphatic heterocycles. The van der Waals surface area contributed by atoms with Gasteiger partial charge in [0, 0.05) is 17.2 Å². The lowest BCUT2D eigenvalue weighted by atomic mass is 10.2. The quantitative estimate of drug-likeness (QED) is 0.704. The van der Waals surface area contributed by atoms with Crippen LogP contribution in [0.4, 0.5) is 10.6 Å². The van der Waals surface area contributed by atoms with E-state index in [9.17, 15) is 10.1 Å². The minimum Gasteiger partial charge on any atom is -0.444 e.